The molecular weight excluding hydrogens is 338 g/mol. The molecule has 0 saturated carbocycles. The highest BCUT2D eigenvalue weighted by atomic mass is 79.9. The van der Waals surface area contributed by atoms with Crippen molar-refractivity contribution in [3.05, 3.63) is 23.3 Å². The highest BCUT2D eigenvalue weighted by Gasteiger charge is 2.34. The van der Waals surface area contributed by atoms with Crippen LogP contribution >= 0.6 is 15.9 Å². The van der Waals surface area contributed by atoms with Gasteiger partial charge in [-0.15, -0.1) is 13.2 Å². The minimum atomic E-state index is -5.00. The number of hydrogen-bond donors (Lipinski definition) is 0. The summed E-state index contributed by atoms with van der Waals surface area (Å²) in [6, 6.07) is 0. The lowest BCUT2D eigenvalue weighted by Crippen LogP contribution is -2.21. The zero-order valence-corrected chi connectivity index (χ0v) is 11.1. The maximum atomic E-state index is 13.3. The predicted molar refractivity (Wildman–Crippen MR) is 59.2 cm³/mol. The molecule has 0 aliphatic rings. The van der Waals surface area contributed by atoms with E-state index >= 15 is 0 Å². The van der Waals surface area contributed by atoms with Gasteiger partial charge in [0.2, 0.25) is 5.95 Å². The number of carbonyl (C=O) groups excluding carboxylic acids is 1. The summed E-state index contributed by atoms with van der Waals surface area (Å²) in [7, 11) is 1.08. The van der Waals surface area contributed by atoms with Crippen LogP contribution in [0.25, 0.3) is 0 Å². The van der Waals surface area contributed by atoms with Crippen LogP contribution in [0, 0.1) is 5.95 Å². The van der Waals surface area contributed by atoms with Crippen molar-refractivity contribution in [3.63, 3.8) is 0 Å². The van der Waals surface area contributed by atoms with Crippen LogP contribution in [0.4, 0.5) is 17.6 Å². The summed E-state index contributed by atoms with van der Waals surface area (Å²) in [5.74, 6) is -2.67. The zero-order chi connectivity index (χ0) is 14.6. The molecule has 0 radical (unpaired) electrons. The molecule has 0 aliphatic carbocycles. The zero-order valence-electron chi connectivity index (χ0n) is 9.55. The molecule has 0 saturated heterocycles. The number of pyridine rings is 1. The summed E-state index contributed by atoms with van der Waals surface area (Å²) in [5.41, 5.74) is -0.626. The number of esters is 1. The molecule has 0 spiro atoms. The molecule has 0 aliphatic heterocycles. The van der Waals surface area contributed by atoms with E-state index in [-0.39, 0.29) is 10.9 Å². The molecule has 106 valence electrons. The molecule has 1 heterocycles. The Hall–Kier alpha value is -1.38. The molecule has 0 amide bonds. The largest absolute Gasteiger partial charge is 0.573 e. The van der Waals surface area contributed by atoms with E-state index in [9.17, 15) is 22.4 Å². The van der Waals surface area contributed by atoms with Crippen LogP contribution in [0.3, 0.4) is 0 Å². The Labute approximate surface area is 113 Å². The van der Waals surface area contributed by atoms with Crippen LogP contribution in [0.5, 0.6) is 5.75 Å². The fourth-order valence-corrected chi connectivity index (χ4v) is 1.76. The van der Waals surface area contributed by atoms with Gasteiger partial charge in [-0.25, -0.2) is 4.98 Å². The molecule has 1 aromatic rings. The highest BCUT2D eigenvalue weighted by molar-refractivity contribution is 9.08. The maximum Gasteiger partial charge on any atom is 0.573 e. The van der Waals surface area contributed by atoms with Crippen molar-refractivity contribution in [2.75, 3.05) is 7.11 Å². The van der Waals surface area contributed by atoms with Gasteiger partial charge in [0.1, 0.15) is 5.75 Å². The molecule has 1 aromatic heterocycles. The lowest BCUT2D eigenvalue weighted by atomic mass is 10.1. The molecule has 1 rings (SSSR count). The molecule has 0 aromatic carbocycles. The molecule has 0 unspecified atom stereocenters. The molecule has 4 nitrogen and oxygen atoms in total. The second kappa shape index (κ2) is 6.18. The third-order valence-electron chi connectivity index (χ3n) is 2.06. The fraction of sp³-hybridized carbons (Fsp3) is 0.400. The maximum absolute atomic E-state index is 13.3. The van der Waals surface area contributed by atoms with E-state index in [4.69, 9.17) is 0 Å². The summed E-state index contributed by atoms with van der Waals surface area (Å²) in [4.78, 5) is 14.4. The van der Waals surface area contributed by atoms with Gasteiger partial charge in [-0.3, -0.25) is 4.79 Å². The summed E-state index contributed by atoms with van der Waals surface area (Å²) in [5, 5.41) is -0.244. The normalized spacial score (nSPS) is 11.3. The van der Waals surface area contributed by atoms with Gasteiger partial charge < -0.3 is 9.47 Å². The van der Waals surface area contributed by atoms with Crippen LogP contribution in [0.1, 0.15) is 11.1 Å². The summed E-state index contributed by atoms with van der Waals surface area (Å²) in [6.07, 6.45) is -4.70. The van der Waals surface area contributed by atoms with E-state index in [1.807, 2.05) is 0 Å². The van der Waals surface area contributed by atoms with Crippen molar-refractivity contribution in [1.82, 2.24) is 4.98 Å². The first-order valence-electron chi connectivity index (χ1n) is 4.83. The van der Waals surface area contributed by atoms with Crippen molar-refractivity contribution >= 4 is 21.9 Å². The lowest BCUT2D eigenvalue weighted by Gasteiger charge is -2.15. The number of alkyl halides is 4. The third kappa shape index (κ3) is 4.34. The second-order valence-electron chi connectivity index (χ2n) is 3.32. The standard InChI is InChI=1S/C10H8BrF4NO3/c1-18-7(17)2-5-4-16-9(12)6(3-11)8(5)19-10(13,14)15/h4H,2-3H2,1H3. The summed E-state index contributed by atoms with van der Waals surface area (Å²) < 4.78 is 58.3. The number of rotatable bonds is 4. The Morgan fingerprint density at radius 2 is 2.11 bits per heavy atom. The van der Waals surface area contributed by atoms with Crippen molar-refractivity contribution < 1.29 is 31.8 Å². The fourth-order valence-electron chi connectivity index (χ4n) is 1.27. The van der Waals surface area contributed by atoms with Gasteiger partial charge in [0.15, 0.2) is 0 Å². The Morgan fingerprint density at radius 3 is 2.58 bits per heavy atom. The first-order chi connectivity index (χ1) is 8.78. The van der Waals surface area contributed by atoms with Gasteiger partial charge in [-0.05, 0) is 0 Å². The first-order valence-corrected chi connectivity index (χ1v) is 5.95. The molecule has 0 N–H and O–H groups in total. The number of methoxy groups -OCH3 is 1. The number of nitrogens with zero attached hydrogens (tertiary/aromatic N) is 1. The quantitative estimate of drug-likeness (QED) is 0.364. The van der Waals surface area contributed by atoms with Gasteiger partial charge >= 0.3 is 12.3 Å². The average molecular weight is 346 g/mol. The second-order valence-corrected chi connectivity index (χ2v) is 3.88. The van der Waals surface area contributed by atoms with Crippen LogP contribution in [-0.2, 0) is 21.3 Å². The van der Waals surface area contributed by atoms with Crippen LogP contribution in [-0.4, -0.2) is 24.4 Å². The van der Waals surface area contributed by atoms with Gasteiger partial charge in [0.25, 0.3) is 0 Å². The number of hydrogen-bond acceptors (Lipinski definition) is 4. The minimum absolute atomic E-state index is 0.208. The molecule has 19 heavy (non-hydrogen) atoms. The van der Waals surface area contributed by atoms with E-state index < -0.39 is 36.0 Å². The van der Waals surface area contributed by atoms with E-state index in [0.29, 0.717) is 0 Å². The molecular formula is C10H8BrF4NO3. The Balaban J connectivity index is 3.25. The van der Waals surface area contributed by atoms with Gasteiger partial charge in [0.05, 0.1) is 19.1 Å². The SMILES string of the molecule is COC(=O)Cc1cnc(F)c(CBr)c1OC(F)(F)F. The van der Waals surface area contributed by atoms with Crippen molar-refractivity contribution in [2.45, 2.75) is 18.1 Å². The van der Waals surface area contributed by atoms with Gasteiger partial charge in [-0.1, -0.05) is 15.9 Å². The number of halogens is 5. The molecule has 0 bridgehead atoms. The van der Waals surface area contributed by atoms with E-state index in [1.54, 1.807) is 0 Å². The monoisotopic (exact) mass is 345 g/mol. The lowest BCUT2D eigenvalue weighted by molar-refractivity contribution is -0.275. The highest BCUT2D eigenvalue weighted by Crippen LogP contribution is 2.32. The number of aromatic nitrogens is 1. The minimum Gasteiger partial charge on any atom is -0.469 e. The first kappa shape index (κ1) is 15.7. The summed E-state index contributed by atoms with van der Waals surface area (Å²) in [6.45, 7) is 0. The van der Waals surface area contributed by atoms with Crippen molar-refractivity contribution in [2.24, 2.45) is 0 Å². The third-order valence-corrected chi connectivity index (χ3v) is 2.62. The molecule has 9 heteroatoms. The smallest absolute Gasteiger partial charge is 0.469 e. The van der Waals surface area contributed by atoms with Crippen LogP contribution in [0.15, 0.2) is 6.20 Å². The van der Waals surface area contributed by atoms with Gasteiger partial charge in [0, 0.05) is 17.1 Å². The Bertz CT molecular complexity index is 479. The summed E-state index contributed by atoms with van der Waals surface area (Å²) >= 11 is 2.84. The Kier molecular flexibility index (Phi) is 5.10. The predicted octanol–water partition coefficient (Wildman–Crippen LogP) is 2.73. The Morgan fingerprint density at radius 1 is 1.47 bits per heavy atom. The van der Waals surface area contributed by atoms with Crippen LogP contribution in [0.2, 0.25) is 0 Å². The van der Waals surface area contributed by atoms with Crippen molar-refractivity contribution in [1.29, 1.82) is 0 Å². The van der Waals surface area contributed by atoms with Crippen molar-refractivity contribution in [3.8, 4) is 5.75 Å². The topological polar surface area (TPSA) is 48.4 Å². The van der Waals surface area contributed by atoms with Gasteiger partial charge in [-0.2, -0.15) is 4.39 Å². The van der Waals surface area contributed by atoms with E-state index in [0.717, 1.165) is 13.3 Å². The van der Waals surface area contributed by atoms with E-state index in [1.165, 1.54) is 0 Å². The molecule has 0 fully saturated rings. The number of carbonyl (C=O) groups is 1. The van der Waals surface area contributed by atoms with E-state index in [2.05, 4.69) is 30.4 Å². The van der Waals surface area contributed by atoms with Crippen LogP contribution < -0.4 is 4.74 Å². The average Bonchev–Trinajstić information content (AvgIpc) is 2.31. The number of ether oxygens (including phenoxy) is 2. The molecule has 0 atom stereocenters.